The number of hydrogen-bond acceptors (Lipinski definition) is 4. The van der Waals surface area contributed by atoms with Crippen molar-refractivity contribution in [3.8, 4) is 0 Å². The molecule has 2 aromatic rings. The molecule has 1 atom stereocenters. The molecule has 2 saturated heterocycles. The van der Waals surface area contributed by atoms with Crippen LogP contribution >= 0.6 is 0 Å². The van der Waals surface area contributed by atoms with Gasteiger partial charge in [0.1, 0.15) is 17.5 Å². The van der Waals surface area contributed by atoms with E-state index in [4.69, 9.17) is 5.14 Å². The summed E-state index contributed by atoms with van der Waals surface area (Å²) in [6.45, 7) is 1.40. The summed E-state index contributed by atoms with van der Waals surface area (Å²) in [5, 5.41) is 9.66. The van der Waals surface area contributed by atoms with Gasteiger partial charge in [0, 0.05) is 31.3 Å². The third kappa shape index (κ3) is 3.63. The predicted molar refractivity (Wildman–Crippen MR) is 101 cm³/mol. The number of nitrogens with two attached hydrogens (primary N) is 1. The van der Waals surface area contributed by atoms with Crippen LogP contribution in [0.1, 0.15) is 43.3 Å². The Hall–Kier alpha value is -2.04. The van der Waals surface area contributed by atoms with Crippen LogP contribution in [0, 0.1) is 11.6 Å². The van der Waals surface area contributed by atoms with Crippen LogP contribution in [0.4, 0.5) is 14.6 Å². The maximum Gasteiger partial charge on any atom is 0.276 e. The van der Waals surface area contributed by atoms with Gasteiger partial charge in [-0.3, -0.25) is 0 Å². The highest BCUT2D eigenvalue weighted by Gasteiger charge is 2.33. The summed E-state index contributed by atoms with van der Waals surface area (Å²) in [4.78, 5) is 2.07. The van der Waals surface area contributed by atoms with Crippen LogP contribution < -0.4 is 10.0 Å². The second-order valence-electron chi connectivity index (χ2n) is 7.33. The van der Waals surface area contributed by atoms with Crippen LogP contribution in [0.15, 0.2) is 30.5 Å². The molecule has 2 N–H and O–H groups in total. The first kappa shape index (κ1) is 19.3. The van der Waals surface area contributed by atoms with Gasteiger partial charge in [0.2, 0.25) is 0 Å². The number of anilines is 1. The zero-order chi connectivity index (χ0) is 19.9. The summed E-state index contributed by atoms with van der Waals surface area (Å²) >= 11 is 0. The summed E-state index contributed by atoms with van der Waals surface area (Å²) in [6.07, 6.45) is 4.49. The van der Waals surface area contributed by atoms with E-state index in [2.05, 4.69) is 10.00 Å². The lowest BCUT2D eigenvalue weighted by atomic mass is 10.0. The highest BCUT2D eigenvalue weighted by molar-refractivity contribution is 7.86. The molecule has 0 radical (unpaired) electrons. The van der Waals surface area contributed by atoms with E-state index >= 15 is 0 Å². The molecule has 0 aliphatic carbocycles. The lowest BCUT2D eigenvalue weighted by molar-refractivity contribution is 0.261. The second-order valence-corrected chi connectivity index (χ2v) is 8.87. The molecule has 0 saturated carbocycles. The molecule has 0 unspecified atom stereocenters. The third-order valence-electron chi connectivity index (χ3n) is 5.64. The molecule has 1 aromatic heterocycles. The van der Waals surface area contributed by atoms with Crippen molar-refractivity contribution in [3.63, 3.8) is 0 Å². The molecule has 3 heterocycles. The molecule has 10 heteroatoms. The molecule has 0 bridgehead atoms. The average Bonchev–Trinajstić information content (AvgIpc) is 3.31. The van der Waals surface area contributed by atoms with Crippen molar-refractivity contribution in [1.29, 1.82) is 0 Å². The fourth-order valence-electron chi connectivity index (χ4n) is 4.29. The minimum Gasteiger partial charge on any atom is -0.350 e. The summed E-state index contributed by atoms with van der Waals surface area (Å²) in [5.41, 5.74) is 0.356. The fraction of sp³-hybridized carbons (Fsp3) is 0.500. The molecule has 2 aliphatic heterocycles. The molecule has 7 nitrogen and oxygen atoms in total. The lowest BCUT2D eigenvalue weighted by Gasteiger charge is -2.33. The van der Waals surface area contributed by atoms with Crippen molar-refractivity contribution in [2.75, 3.05) is 24.5 Å². The van der Waals surface area contributed by atoms with Crippen LogP contribution in [-0.4, -0.2) is 42.1 Å². The van der Waals surface area contributed by atoms with Crippen LogP contribution in [0.5, 0.6) is 0 Å². The van der Waals surface area contributed by atoms with Gasteiger partial charge in [-0.25, -0.2) is 18.6 Å². The van der Waals surface area contributed by atoms with Gasteiger partial charge in [0.05, 0.1) is 18.3 Å². The van der Waals surface area contributed by atoms with Gasteiger partial charge in [-0.2, -0.15) is 17.8 Å². The van der Waals surface area contributed by atoms with E-state index in [-0.39, 0.29) is 12.1 Å². The van der Waals surface area contributed by atoms with Crippen molar-refractivity contribution < 1.29 is 17.2 Å². The Bertz CT molecular complexity index is 957. The van der Waals surface area contributed by atoms with E-state index in [1.54, 1.807) is 6.20 Å². The average molecular weight is 411 g/mol. The van der Waals surface area contributed by atoms with E-state index in [1.807, 2.05) is 10.7 Å². The molecule has 2 aliphatic rings. The van der Waals surface area contributed by atoms with Crippen LogP contribution in [0.2, 0.25) is 0 Å². The molecule has 28 heavy (non-hydrogen) atoms. The largest absolute Gasteiger partial charge is 0.350 e. The first-order chi connectivity index (χ1) is 13.3. The fourth-order valence-corrected chi connectivity index (χ4v) is 5.01. The van der Waals surface area contributed by atoms with Crippen molar-refractivity contribution in [3.05, 3.63) is 47.7 Å². The van der Waals surface area contributed by atoms with E-state index in [9.17, 15) is 17.2 Å². The topological polar surface area (TPSA) is 84.5 Å². The number of benzene rings is 1. The van der Waals surface area contributed by atoms with Gasteiger partial charge in [0.25, 0.3) is 10.2 Å². The summed E-state index contributed by atoms with van der Waals surface area (Å²) in [5.74, 6) is -0.0156. The van der Waals surface area contributed by atoms with E-state index in [0.717, 1.165) is 31.3 Å². The van der Waals surface area contributed by atoms with Crippen molar-refractivity contribution in [1.82, 2.24) is 14.1 Å². The summed E-state index contributed by atoms with van der Waals surface area (Å²) in [6, 6.07) is 5.21. The van der Waals surface area contributed by atoms with Gasteiger partial charge in [0.15, 0.2) is 0 Å². The standard InChI is InChI=1S/C18H23F2N5O2S/c19-13-3-4-16(20)15(12-13)17-2-1-9-24(17)18-5-8-22-25(18)14-6-10-23(11-7-14)28(21,26)27/h3-5,8,12,14,17H,1-2,6-7,9-11H2,(H2,21,26,27)/t17-/m1/s1. The van der Waals surface area contributed by atoms with Gasteiger partial charge in [-0.1, -0.05) is 0 Å². The highest BCUT2D eigenvalue weighted by Crippen LogP contribution is 2.39. The van der Waals surface area contributed by atoms with Crippen molar-refractivity contribution in [2.24, 2.45) is 5.14 Å². The molecular weight excluding hydrogens is 388 g/mol. The number of rotatable bonds is 4. The molecular formula is C18H23F2N5O2S. The summed E-state index contributed by atoms with van der Waals surface area (Å²) < 4.78 is 54.3. The Labute approximate surface area is 162 Å². The van der Waals surface area contributed by atoms with Gasteiger partial charge >= 0.3 is 0 Å². The molecule has 4 rings (SSSR count). The highest BCUT2D eigenvalue weighted by atomic mass is 32.2. The van der Waals surface area contributed by atoms with Crippen LogP contribution in [0.25, 0.3) is 0 Å². The van der Waals surface area contributed by atoms with Crippen LogP contribution in [0.3, 0.4) is 0 Å². The molecule has 0 amide bonds. The maximum absolute atomic E-state index is 14.4. The lowest BCUT2D eigenvalue weighted by Crippen LogP contribution is -2.43. The number of aromatic nitrogens is 2. The quantitative estimate of drug-likeness (QED) is 0.837. The number of hydrogen-bond donors (Lipinski definition) is 1. The minimum absolute atomic E-state index is 0.0293. The van der Waals surface area contributed by atoms with Crippen LogP contribution in [-0.2, 0) is 10.2 Å². The van der Waals surface area contributed by atoms with Crippen molar-refractivity contribution >= 4 is 16.0 Å². The molecule has 0 spiro atoms. The summed E-state index contributed by atoms with van der Waals surface area (Å²) in [7, 11) is -3.68. The predicted octanol–water partition coefficient (Wildman–Crippen LogP) is 2.34. The smallest absolute Gasteiger partial charge is 0.276 e. The Morgan fingerprint density at radius 2 is 1.82 bits per heavy atom. The third-order valence-corrected chi connectivity index (χ3v) is 6.73. The number of halogens is 2. The first-order valence-electron chi connectivity index (χ1n) is 9.37. The van der Waals surface area contributed by atoms with Gasteiger partial charge in [-0.15, -0.1) is 0 Å². The zero-order valence-electron chi connectivity index (χ0n) is 15.3. The molecule has 2 fully saturated rings. The Balaban J connectivity index is 1.58. The molecule has 1 aromatic carbocycles. The van der Waals surface area contributed by atoms with Gasteiger partial charge < -0.3 is 4.90 Å². The number of nitrogens with zero attached hydrogens (tertiary/aromatic N) is 4. The maximum atomic E-state index is 14.4. The normalized spacial score (nSPS) is 22.1. The Morgan fingerprint density at radius 3 is 2.54 bits per heavy atom. The Morgan fingerprint density at radius 1 is 1.07 bits per heavy atom. The minimum atomic E-state index is -3.68. The van der Waals surface area contributed by atoms with Gasteiger partial charge in [-0.05, 0) is 43.9 Å². The second kappa shape index (κ2) is 7.41. The van der Waals surface area contributed by atoms with E-state index in [1.165, 1.54) is 16.4 Å². The zero-order valence-corrected chi connectivity index (χ0v) is 16.2. The van der Waals surface area contributed by atoms with Crippen molar-refractivity contribution in [2.45, 2.75) is 37.8 Å². The van der Waals surface area contributed by atoms with E-state index in [0.29, 0.717) is 31.5 Å². The number of piperidine rings is 1. The monoisotopic (exact) mass is 411 g/mol. The molecule has 152 valence electrons. The SMILES string of the molecule is NS(=O)(=O)N1CCC(n2nccc2N2CCC[C@@H]2c2cc(F)ccc2F)CC1. The van der Waals surface area contributed by atoms with E-state index < -0.39 is 21.8 Å². The Kier molecular flexibility index (Phi) is 5.11. The first-order valence-corrected chi connectivity index (χ1v) is 10.9.